The fourth-order valence-corrected chi connectivity index (χ4v) is 6.54. The van der Waals surface area contributed by atoms with Crippen molar-refractivity contribution in [1.29, 1.82) is 0 Å². The van der Waals surface area contributed by atoms with Crippen molar-refractivity contribution in [3.63, 3.8) is 0 Å². The van der Waals surface area contributed by atoms with Crippen LogP contribution in [0.2, 0.25) is 0 Å². The van der Waals surface area contributed by atoms with Crippen molar-refractivity contribution in [3.8, 4) is 0 Å². The molecule has 0 saturated carbocycles. The van der Waals surface area contributed by atoms with Crippen molar-refractivity contribution >= 4 is 49.8 Å². The smallest absolute Gasteiger partial charge is 0.267 e. The predicted molar refractivity (Wildman–Crippen MR) is 147 cm³/mol. The topological polar surface area (TPSA) is 91.8 Å². The van der Waals surface area contributed by atoms with Crippen molar-refractivity contribution in [2.24, 2.45) is 0 Å². The zero-order valence-corrected chi connectivity index (χ0v) is 22.2. The van der Waals surface area contributed by atoms with Crippen LogP contribution in [0.3, 0.4) is 0 Å². The Morgan fingerprint density at radius 1 is 1.22 bits per heavy atom. The van der Waals surface area contributed by atoms with E-state index in [0.717, 1.165) is 57.1 Å². The summed E-state index contributed by atoms with van der Waals surface area (Å²) in [4.78, 5) is 33.4. The number of benzene rings is 2. The van der Waals surface area contributed by atoms with Crippen molar-refractivity contribution in [2.45, 2.75) is 45.9 Å². The van der Waals surface area contributed by atoms with Crippen LogP contribution in [0.5, 0.6) is 0 Å². The highest BCUT2D eigenvalue weighted by Gasteiger charge is 2.23. The van der Waals surface area contributed by atoms with Gasteiger partial charge in [-0.1, -0.05) is 24.3 Å². The molecule has 1 saturated heterocycles. The number of ketones is 1. The molecule has 5 rings (SSSR count). The van der Waals surface area contributed by atoms with E-state index in [1.54, 1.807) is 14.0 Å². The van der Waals surface area contributed by atoms with Crippen LogP contribution in [-0.4, -0.2) is 53.0 Å². The molecule has 2 N–H and O–H groups in total. The minimum absolute atomic E-state index is 0.0363. The largest absolute Gasteiger partial charge is 0.392 e. The lowest BCUT2D eigenvalue weighted by Gasteiger charge is -2.30. The molecule has 3 heterocycles. The summed E-state index contributed by atoms with van der Waals surface area (Å²) in [6.07, 6.45) is 1.49. The molecule has 2 aromatic carbocycles. The third kappa shape index (κ3) is 5.15. The van der Waals surface area contributed by atoms with Crippen LogP contribution in [-0.2, 0) is 17.9 Å². The van der Waals surface area contributed by atoms with Crippen LogP contribution >= 0.6 is 11.3 Å². The standard InChI is InChI=1S/C29H31N3O4S/c1-17-26-19(16-36-3)10-11-22(18(2)33)28(26)37-27(17)29(35)31-25-13-20(14-32-12-6-7-21(34)15-32)23-8-4-5-9-24(23)30-25/h4-5,8-11,13,21,34H,6-7,12,14-16H2,1-3H3,(H,30,31,35). The summed E-state index contributed by atoms with van der Waals surface area (Å²) in [5.41, 5.74) is 4.25. The van der Waals surface area contributed by atoms with E-state index in [2.05, 4.69) is 10.2 Å². The fraction of sp³-hybridized carbons (Fsp3) is 0.345. The number of carbonyl (C=O) groups excluding carboxylic acids is 2. The molecule has 0 bridgehead atoms. The minimum Gasteiger partial charge on any atom is -0.392 e. The summed E-state index contributed by atoms with van der Waals surface area (Å²) < 4.78 is 6.18. The Morgan fingerprint density at radius 2 is 2.03 bits per heavy atom. The Labute approximate surface area is 220 Å². The van der Waals surface area contributed by atoms with E-state index in [1.165, 1.54) is 11.3 Å². The molecule has 37 heavy (non-hydrogen) atoms. The monoisotopic (exact) mass is 517 g/mol. The van der Waals surface area contributed by atoms with Crippen LogP contribution < -0.4 is 5.32 Å². The molecule has 0 aliphatic carbocycles. The van der Waals surface area contributed by atoms with Gasteiger partial charge in [-0.25, -0.2) is 4.98 Å². The van der Waals surface area contributed by atoms with Gasteiger partial charge in [-0.15, -0.1) is 11.3 Å². The molecule has 7 nitrogen and oxygen atoms in total. The molecule has 4 aromatic rings. The van der Waals surface area contributed by atoms with Crippen LogP contribution in [0, 0.1) is 6.92 Å². The third-order valence-corrected chi connectivity index (χ3v) is 8.29. The summed E-state index contributed by atoms with van der Waals surface area (Å²) >= 11 is 1.33. The summed E-state index contributed by atoms with van der Waals surface area (Å²) in [6, 6.07) is 13.6. The van der Waals surface area contributed by atoms with E-state index in [1.807, 2.05) is 49.4 Å². The van der Waals surface area contributed by atoms with Crippen molar-refractivity contribution in [2.75, 3.05) is 25.5 Å². The third-order valence-electron chi connectivity index (χ3n) is 6.97. The number of fused-ring (bicyclic) bond motifs is 2. The number of amides is 1. The number of aromatic nitrogens is 1. The van der Waals surface area contributed by atoms with Gasteiger partial charge >= 0.3 is 0 Å². The number of β-amino-alcohol motifs (C(OH)–C–C–N with tert-alkyl or cyclic N) is 1. The zero-order valence-electron chi connectivity index (χ0n) is 21.3. The van der Waals surface area contributed by atoms with E-state index in [0.29, 0.717) is 36.0 Å². The zero-order chi connectivity index (χ0) is 26.1. The molecule has 1 fully saturated rings. The van der Waals surface area contributed by atoms with Crippen LogP contribution in [0.1, 0.15) is 56.5 Å². The first-order valence-electron chi connectivity index (χ1n) is 12.5. The Balaban J connectivity index is 1.51. The number of anilines is 1. The van der Waals surface area contributed by atoms with Gasteiger partial charge in [0.25, 0.3) is 5.91 Å². The number of likely N-dealkylation sites (tertiary alicyclic amines) is 1. The first-order valence-corrected chi connectivity index (χ1v) is 13.3. The lowest BCUT2D eigenvalue weighted by Crippen LogP contribution is -2.37. The maximum absolute atomic E-state index is 13.5. The number of aliphatic hydroxyl groups is 1. The molecule has 1 amide bonds. The number of pyridine rings is 1. The van der Waals surface area contributed by atoms with Crippen LogP contribution in [0.25, 0.3) is 21.0 Å². The molecule has 8 heteroatoms. The van der Waals surface area contributed by atoms with Gasteiger partial charge in [-0.3, -0.25) is 14.5 Å². The predicted octanol–water partition coefficient (Wildman–Crippen LogP) is 5.32. The number of rotatable bonds is 7. The Bertz CT molecular complexity index is 1500. The number of carbonyl (C=O) groups is 2. The second-order valence-corrected chi connectivity index (χ2v) is 10.7. The average molecular weight is 518 g/mol. The number of piperidine rings is 1. The summed E-state index contributed by atoms with van der Waals surface area (Å²) in [5, 5.41) is 15.1. The molecular formula is C29H31N3O4S. The number of nitrogens with one attached hydrogen (secondary N) is 1. The number of thiophene rings is 1. The van der Waals surface area contributed by atoms with E-state index in [4.69, 9.17) is 9.72 Å². The normalized spacial score (nSPS) is 16.4. The maximum Gasteiger partial charge on any atom is 0.267 e. The SMILES string of the molecule is COCc1ccc(C(C)=O)c2sc(C(=O)Nc3cc(CN4CCCC(O)C4)c4ccccc4n3)c(C)c12. The fourth-order valence-electron chi connectivity index (χ4n) is 5.23. The number of Topliss-reactive ketones (excluding diaryl/α,β-unsaturated/α-hetero) is 1. The Kier molecular flexibility index (Phi) is 7.35. The van der Waals surface area contributed by atoms with Gasteiger partial charge in [0.1, 0.15) is 5.82 Å². The number of hydrogen-bond acceptors (Lipinski definition) is 7. The second kappa shape index (κ2) is 10.7. The number of nitrogens with zero attached hydrogens (tertiary/aromatic N) is 2. The first kappa shape index (κ1) is 25.5. The van der Waals surface area contributed by atoms with E-state index in [-0.39, 0.29) is 17.8 Å². The highest BCUT2D eigenvalue weighted by molar-refractivity contribution is 7.21. The molecule has 1 aliphatic heterocycles. The molecule has 2 aromatic heterocycles. The number of ether oxygens (including phenoxy) is 1. The van der Waals surface area contributed by atoms with Crippen molar-refractivity contribution in [3.05, 3.63) is 69.6 Å². The Morgan fingerprint density at radius 3 is 2.78 bits per heavy atom. The highest BCUT2D eigenvalue weighted by atomic mass is 32.1. The highest BCUT2D eigenvalue weighted by Crippen LogP contribution is 2.37. The number of aliphatic hydroxyl groups excluding tert-OH is 1. The molecular weight excluding hydrogens is 486 g/mol. The lowest BCUT2D eigenvalue weighted by molar-refractivity contribution is 0.0670. The van der Waals surface area contributed by atoms with Gasteiger partial charge in [0.2, 0.25) is 0 Å². The van der Waals surface area contributed by atoms with Gasteiger partial charge in [-0.05, 0) is 68.1 Å². The molecule has 1 atom stereocenters. The second-order valence-electron chi connectivity index (χ2n) is 9.69. The van der Waals surface area contributed by atoms with Gasteiger partial charge in [-0.2, -0.15) is 0 Å². The molecule has 0 spiro atoms. The first-order chi connectivity index (χ1) is 17.9. The van der Waals surface area contributed by atoms with Crippen LogP contribution in [0.15, 0.2) is 42.5 Å². The van der Waals surface area contributed by atoms with Gasteiger partial charge in [0.15, 0.2) is 5.78 Å². The molecule has 0 radical (unpaired) electrons. The Hall–Kier alpha value is -3.17. The number of methoxy groups -OCH3 is 1. The summed E-state index contributed by atoms with van der Waals surface area (Å²) in [5.74, 6) is 0.196. The number of para-hydroxylation sites is 1. The summed E-state index contributed by atoms with van der Waals surface area (Å²) in [6.45, 7) is 6.10. The van der Waals surface area contributed by atoms with Crippen LogP contribution in [0.4, 0.5) is 5.82 Å². The van der Waals surface area contributed by atoms with Crippen molar-refractivity contribution in [1.82, 2.24) is 9.88 Å². The summed E-state index contributed by atoms with van der Waals surface area (Å²) in [7, 11) is 1.63. The van der Waals surface area contributed by atoms with E-state index in [9.17, 15) is 14.7 Å². The van der Waals surface area contributed by atoms with Crippen molar-refractivity contribution < 1.29 is 19.4 Å². The molecule has 1 unspecified atom stereocenters. The van der Waals surface area contributed by atoms with E-state index < -0.39 is 0 Å². The van der Waals surface area contributed by atoms with E-state index >= 15 is 0 Å². The number of aryl methyl sites for hydroxylation is 1. The van der Waals surface area contributed by atoms with Gasteiger partial charge in [0, 0.05) is 41.2 Å². The average Bonchev–Trinajstić information content (AvgIpc) is 3.22. The molecule has 192 valence electrons. The minimum atomic E-state index is -0.306. The number of hydrogen-bond donors (Lipinski definition) is 2. The van der Waals surface area contributed by atoms with Gasteiger partial charge < -0.3 is 15.2 Å². The van der Waals surface area contributed by atoms with Gasteiger partial charge in [0.05, 0.1) is 23.1 Å². The quantitative estimate of drug-likeness (QED) is 0.323. The molecule has 1 aliphatic rings. The maximum atomic E-state index is 13.5. The lowest BCUT2D eigenvalue weighted by atomic mass is 10.0.